The molecule has 0 aliphatic heterocycles. The predicted octanol–water partition coefficient (Wildman–Crippen LogP) is 3.46. The molecule has 0 bridgehead atoms. The normalized spacial score (nSPS) is 28.5. The van der Waals surface area contributed by atoms with E-state index in [1.807, 2.05) is 24.3 Å². The third-order valence-electron chi connectivity index (χ3n) is 4.88. The van der Waals surface area contributed by atoms with Gasteiger partial charge in [-0.2, -0.15) is 0 Å². The standard InChI is InChI=1S/C20H29NO5/c1-18(2,3)26-17(24)21-19(11-7-5-8-12-19)14-20(16(23)25-4)13-9-6-10-15(20)22/h5,7-8,11H,6,9-10,12-14H2,1-4H3,(H,21,24)/t19-,20+/m0/s1. The number of allylic oxidation sites excluding steroid dienone is 2. The Bertz CT molecular complexity index is 621. The number of hydrogen-bond donors (Lipinski definition) is 1. The van der Waals surface area contributed by atoms with Gasteiger partial charge >= 0.3 is 12.1 Å². The fourth-order valence-corrected chi connectivity index (χ4v) is 3.74. The van der Waals surface area contributed by atoms with Crippen molar-refractivity contribution in [2.45, 2.75) is 70.4 Å². The topological polar surface area (TPSA) is 81.7 Å². The highest BCUT2D eigenvalue weighted by Gasteiger charge is 2.52. The van der Waals surface area contributed by atoms with E-state index in [-0.39, 0.29) is 12.2 Å². The molecule has 1 N–H and O–H groups in total. The molecule has 0 spiro atoms. The highest BCUT2D eigenvalue weighted by atomic mass is 16.6. The molecule has 0 radical (unpaired) electrons. The number of esters is 1. The minimum Gasteiger partial charge on any atom is -0.468 e. The molecule has 2 rings (SSSR count). The summed E-state index contributed by atoms with van der Waals surface area (Å²) in [6.07, 6.45) is 9.88. The van der Waals surface area contributed by atoms with E-state index in [1.54, 1.807) is 20.8 Å². The Morgan fingerprint density at radius 3 is 2.50 bits per heavy atom. The second kappa shape index (κ2) is 7.64. The maximum absolute atomic E-state index is 12.8. The number of carbonyl (C=O) groups excluding carboxylic acids is 3. The van der Waals surface area contributed by atoms with Crippen LogP contribution in [-0.2, 0) is 19.1 Å². The van der Waals surface area contributed by atoms with Crippen LogP contribution in [0.5, 0.6) is 0 Å². The van der Waals surface area contributed by atoms with Crippen LogP contribution >= 0.6 is 0 Å². The fourth-order valence-electron chi connectivity index (χ4n) is 3.74. The number of hydrogen-bond acceptors (Lipinski definition) is 5. The average Bonchev–Trinajstić information content (AvgIpc) is 2.55. The summed E-state index contributed by atoms with van der Waals surface area (Å²) in [4.78, 5) is 37.8. The number of rotatable bonds is 4. The Balaban J connectivity index is 2.32. The zero-order chi connectivity index (χ0) is 19.4. The summed E-state index contributed by atoms with van der Waals surface area (Å²) in [5.74, 6) is -0.626. The minimum absolute atomic E-state index is 0.107. The molecular weight excluding hydrogens is 334 g/mol. The highest BCUT2D eigenvalue weighted by molar-refractivity contribution is 6.04. The Hall–Kier alpha value is -2.11. The van der Waals surface area contributed by atoms with Gasteiger partial charge in [-0.05, 0) is 46.5 Å². The first-order chi connectivity index (χ1) is 12.1. The predicted molar refractivity (Wildman–Crippen MR) is 97.5 cm³/mol. The largest absolute Gasteiger partial charge is 0.468 e. The number of methoxy groups -OCH3 is 1. The Labute approximate surface area is 155 Å². The number of amides is 1. The van der Waals surface area contributed by atoms with Crippen molar-refractivity contribution in [3.05, 3.63) is 24.3 Å². The van der Waals surface area contributed by atoms with Crippen LogP contribution in [0.15, 0.2) is 24.3 Å². The van der Waals surface area contributed by atoms with E-state index in [0.717, 1.165) is 12.8 Å². The van der Waals surface area contributed by atoms with Gasteiger partial charge in [-0.3, -0.25) is 9.59 Å². The van der Waals surface area contributed by atoms with Gasteiger partial charge in [0.15, 0.2) is 0 Å². The molecule has 0 aromatic carbocycles. The van der Waals surface area contributed by atoms with E-state index in [9.17, 15) is 14.4 Å². The lowest BCUT2D eigenvalue weighted by Gasteiger charge is -2.42. The number of ether oxygens (including phenoxy) is 2. The van der Waals surface area contributed by atoms with Crippen molar-refractivity contribution in [3.63, 3.8) is 0 Å². The summed E-state index contributed by atoms with van der Waals surface area (Å²) in [5.41, 5.74) is -2.73. The number of carbonyl (C=O) groups is 3. The number of Topliss-reactive ketones (excluding diaryl/α,β-unsaturated/α-hetero) is 1. The molecule has 2 atom stereocenters. The third kappa shape index (κ3) is 4.54. The van der Waals surface area contributed by atoms with Crippen LogP contribution in [0.1, 0.15) is 59.3 Å². The van der Waals surface area contributed by atoms with Gasteiger partial charge in [-0.15, -0.1) is 0 Å². The molecule has 0 heterocycles. The smallest absolute Gasteiger partial charge is 0.408 e. The van der Waals surface area contributed by atoms with Gasteiger partial charge in [0.25, 0.3) is 0 Å². The Morgan fingerprint density at radius 2 is 1.96 bits per heavy atom. The lowest BCUT2D eigenvalue weighted by Crippen LogP contribution is -2.56. The first kappa shape index (κ1) is 20.2. The summed E-state index contributed by atoms with van der Waals surface area (Å²) < 4.78 is 10.4. The Kier molecular flexibility index (Phi) is 5.94. The first-order valence-electron chi connectivity index (χ1n) is 9.10. The quantitative estimate of drug-likeness (QED) is 0.611. The molecule has 144 valence electrons. The zero-order valence-electron chi connectivity index (χ0n) is 16.1. The number of nitrogens with one attached hydrogen (secondary N) is 1. The van der Waals surface area contributed by atoms with Crippen LogP contribution in [0.2, 0.25) is 0 Å². The van der Waals surface area contributed by atoms with Crippen molar-refractivity contribution in [1.82, 2.24) is 5.32 Å². The Morgan fingerprint density at radius 1 is 1.23 bits per heavy atom. The van der Waals surface area contributed by atoms with E-state index in [2.05, 4.69) is 5.32 Å². The van der Waals surface area contributed by atoms with Crippen LogP contribution in [0.25, 0.3) is 0 Å². The first-order valence-corrected chi connectivity index (χ1v) is 9.10. The lowest BCUT2D eigenvalue weighted by molar-refractivity contribution is -0.162. The third-order valence-corrected chi connectivity index (χ3v) is 4.88. The fraction of sp³-hybridized carbons (Fsp3) is 0.650. The van der Waals surface area contributed by atoms with Gasteiger partial charge in [-0.25, -0.2) is 4.79 Å². The van der Waals surface area contributed by atoms with Crippen molar-refractivity contribution >= 4 is 17.8 Å². The van der Waals surface area contributed by atoms with Crippen LogP contribution < -0.4 is 5.32 Å². The van der Waals surface area contributed by atoms with Gasteiger partial charge in [-0.1, -0.05) is 30.7 Å². The van der Waals surface area contributed by atoms with Crippen molar-refractivity contribution in [2.75, 3.05) is 7.11 Å². The molecule has 1 fully saturated rings. The number of ketones is 1. The molecule has 1 saturated carbocycles. The van der Waals surface area contributed by atoms with Crippen LogP contribution in [-0.4, -0.2) is 36.1 Å². The van der Waals surface area contributed by atoms with Gasteiger partial charge in [0, 0.05) is 6.42 Å². The van der Waals surface area contributed by atoms with E-state index >= 15 is 0 Å². The van der Waals surface area contributed by atoms with Crippen molar-refractivity contribution in [3.8, 4) is 0 Å². The van der Waals surface area contributed by atoms with E-state index < -0.39 is 28.6 Å². The second-order valence-corrected chi connectivity index (χ2v) is 8.16. The molecule has 0 aromatic heterocycles. The minimum atomic E-state index is -1.22. The molecule has 0 aromatic rings. The highest BCUT2D eigenvalue weighted by Crippen LogP contribution is 2.43. The maximum atomic E-state index is 12.8. The molecule has 0 saturated heterocycles. The number of alkyl carbamates (subject to hydrolysis) is 1. The van der Waals surface area contributed by atoms with Gasteiger partial charge in [0.1, 0.15) is 16.8 Å². The monoisotopic (exact) mass is 363 g/mol. The van der Waals surface area contributed by atoms with E-state index in [0.29, 0.717) is 19.3 Å². The lowest BCUT2D eigenvalue weighted by atomic mass is 9.65. The molecule has 0 unspecified atom stereocenters. The summed E-state index contributed by atoms with van der Waals surface area (Å²) >= 11 is 0. The van der Waals surface area contributed by atoms with Gasteiger partial charge < -0.3 is 14.8 Å². The van der Waals surface area contributed by atoms with E-state index in [4.69, 9.17) is 9.47 Å². The zero-order valence-corrected chi connectivity index (χ0v) is 16.1. The van der Waals surface area contributed by atoms with Gasteiger partial charge in [0.05, 0.1) is 12.6 Å². The molecular formula is C20H29NO5. The molecule has 26 heavy (non-hydrogen) atoms. The van der Waals surface area contributed by atoms with Crippen LogP contribution in [0.4, 0.5) is 4.79 Å². The van der Waals surface area contributed by atoms with Crippen molar-refractivity contribution < 1.29 is 23.9 Å². The summed E-state index contributed by atoms with van der Waals surface area (Å²) in [5, 5.41) is 2.90. The molecule has 6 nitrogen and oxygen atoms in total. The van der Waals surface area contributed by atoms with Crippen LogP contribution in [0.3, 0.4) is 0 Å². The molecule has 1 amide bonds. The summed E-state index contributed by atoms with van der Waals surface area (Å²) in [7, 11) is 1.30. The van der Waals surface area contributed by atoms with Crippen molar-refractivity contribution in [1.29, 1.82) is 0 Å². The van der Waals surface area contributed by atoms with Gasteiger partial charge in [0.2, 0.25) is 0 Å². The average molecular weight is 363 g/mol. The SMILES string of the molecule is COC(=O)[C@@]1(C[C@]2(NC(=O)OC(C)(C)C)C=CC=CC2)CCCCC1=O. The van der Waals surface area contributed by atoms with E-state index in [1.165, 1.54) is 7.11 Å². The molecule has 6 heteroatoms. The molecule has 2 aliphatic rings. The summed E-state index contributed by atoms with van der Waals surface area (Å²) in [6.45, 7) is 5.36. The second-order valence-electron chi connectivity index (χ2n) is 8.16. The molecule has 2 aliphatic carbocycles. The maximum Gasteiger partial charge on any atom is 0.408 e. The summed E-state index contributed by atoms with van der Waals surface area (Å²) in [6, 6.07) is 0. The van der Waals surface area contributed by atoms with Crippen molar-refractivity contribution in [2.24, 2.45) is 5.41 Å². The van der Waals surface area contributed by atoms with Crippen LogP contribution in [0, 0.1) is 5.41 Å².